The summed E-state index contributed by atoms with van der Waals surface area (Å²) in [5.74, 6) is 0. The lowest BCUT2D eigenvalue weighted by atomic mass is 10.5. The zero-order valence-corrected chi connectivity index (χ0v) is 10.0. The Morgan fingerprint density at radius 2 is 2.46 bits per heavy atom. The van der Waals surface area contributed by atoms with Crippen LogP contribution in [0.2, 0.25) is 0 Å². The Balaban J connectivity index is 2.19. The molecule has 0 atom stereocenters. The quantitative estimate of drug-likeness (QED) is 0.797. The van der Waals surface area contributed by atoms with Crippen molar-refractivity contribution < 1.29 is 0 Å². The van der Waals surface area contributed by atoms with Crippen molar-refractivity contribution in [3.8, 4) is 0 Å². The fourth-order valence-electron chi connectivity index (χ4n) is 1.08. The lowest BCUT2D eigenvalue weighted by Gasteiger charge is -1.99. The normalized spacial score (nSPS) is 10.6. The molecule has 0 unspecified atom stereocenters. The molecule has 0 aliphatic rings. The summed E-state index contributed by atoms with van der Waals surface area (Å²) >= 11 is 3.90. The molecule has 0 aliphatic heterocycles. The van der Waals surface area contributed by atoms with Crippen molar-refractivity contribution in [2.75, 3.05) is 0 Å². The summed E-state index contributed by atoms with van der Waals surface area (Å²) in [6.07, 6.45) is 3.78. The summed E-state index contributed by atoms with van der Waals surface area (Å²) in [4.78, 5) is 8.54. The van der Waals surface area contributed by atoms with Gasteiger partial charge in [0.15, 0.2) is 3.83 Å². The lowest BCUT2D eigenvalue weighted by Crippen LogP contribution is -2.00. The molecular formula is C8H8IN3S. The standard InChI is InChI=1S/C8H8IN3S/c1-6-11-7(5-13-6)4-12-3-2-10-8(12)9/h2-3,5H,4H2,1H3. The van der Waals surface area contributed by atoms with Crippen molar-refractivity contribution in [1.82, 2.24) is 14.5 Å². The predicted molar refractivity (Wildman–Crippen MR) is 60.9 cm³/mol. The van der Waals surface area contributed by atoms with E-state index in [4.69, 9.17) is 0 Å². The maximum absolute atomic E-state index is 4.39. The van der Waals surface area contributed by atoms with E-state index in [2.05, 4.69) is 42.5 Å². The molecule has 2 aromatic heterocycles. The van der Waals surface area contributed by atoms with Crippen molar-refractivity contribution in [1.29, 1.82) is 0 Å². The van der Waals surface area contributed by atoms with E-state index >= 15 is 0 Å². The number of halogens is 1. The van der Waals surface area contributed by atoms with Gasteiger partial charge in [0.25, 0.3) is 0 Å². The molecule has 0 saturated heterocycles. The highest BCUT2D eigenvalue weighted by molar-refractivity contribution is 14.1. The lowest BCUT2D eigenvalue weighted by molar-refractivity contribution is 0.754. The fraction of sp³-hybridized carbons (Fsp3) is 0.250. The maximum Gasteiger partial charge on any atom is 0.171 e. The number of thiazole rings is 1. The predicted octanol–water partition coefficient (Wildman–Crippen LogP) is 2.30. The Kier molecular flexibility index (Phi) is 2.63. The number of nitrogens with zero attached hydrogens (tertiary/aromatic N) is 3. The highest BCUT2D eigenvalue weighted by atomic mass is 127. The van der Waals surface area contributed by atoms with E-state index in [0.717, 1.165) is 21.1 Å². The van der Waals surface area contributed by atoms with Crippen LogP contribution in [0, 0.1) is 10.8 Å². The monoisotopic (exact) mass is 305 g/mol. The molecule has 0 radical (unpaired) electrons. The molecule has 5 heteroatoms. The molecule has 0 aromatic carbocycles. The molecule has 2 heterocycles. The van der Waals surface area contributed by atoms with E-state index in [9.17, 15) is 0 Å². The first-order valence-electron chi connectivity index (χ1n) is 3.83. The number of imidazole rings is 1. The number of aryl methyl sites for hydroxylation is 1. The van der Waals surface area contributed by atoms with E-state index in [1.54, 1.807) is 17.5 Å². The summed E-state index contributed by atoms with van der Waals surface area (Å²) in [7, 11) is 0. The average molecular weight is 305 g/mol. The SMILES string of the molecule is Cc1nc(Cn2ccnc2I)cs1. The van der Waals surface area contributed by atoms with Crippen molar-refractivity contribution in [2.45, 2.75) is 13.5 Å². The van der Waals surface area contributed by atoms with Crippen LogP contribution in [0.25, 0.3) is 0 Å². The van der Waals surface area contributed by atoms with E-state index in [0.29, 0.717) is 0 Å². The third-order valence-electron chi connectivity index (χ3n) is 1.66. The van der Waals surface area contributed by atoms with Crippen molar-refractivity contribution in [2.24, 2.45) is 0 Å². The van der Waals surface area contributed by atoms with Gasteiger partial charge >= 0.3 is 0 Å². The van der Waals surface area contributed by atoms with Crippen LogP contribution < -0.4 is 0 Å². The Morgan fingerprint density at radius 1 is 1.62 bits per heavy atom. The van der Waals surface area contributed by atoms with Gasteiger partial charge in [-0.15, -0.1) is 11.3 Å². The fourth-order valence-corrected chi connectivity index (χ4v) is 2.18. The third kappa shape index (κ3) is 2.08. The summed E-state index contributed by atoms with van der Waals surface area (Å²) in [6, 6.07) is 0. The molecular weight excluding hydrogens is 297 g/mol. The summed E-state index contributed by atoms with van der Waals surface area (Å²) in [6.45, 7) is 2.84. The minimum absolute atomic E-state index is 0.822. The van der Waals surface area contributed by atoms with Crippen molar-refractivity contribution >= 4 is 33.9 Å². The van der Waals surface area contributed by atoms with Crippen LogP contribution in [0.4, 0.5) is 0 Å². The molecule has 0 fully saturated rings. The Bertz CT molecular complexity index is 407. The second-order valence-corrected chi connectivity index (χ2v) is 4.71. The van der Waals surface area contributed by atoms with Crippen molar-refractivity contribution in [3.63, 3.8) is 0 Å². The van der Waals surface area contributed by atoms with Gasteiger partial charge in [-0.1, -0.05) is 0 Å². The van der Waals surface area contributed by atoms with Gasteiger partial charge in [-0.2, -0.15) is 0 Å². The average Bonchev–Trinajstić information content (AvgIpc) is 2.64. The third-order valence-corrected chi connectivity index (χ3v) is 3.38. The largest absolute Gasteiger partial charge is 0.320 e. The topological polar surface area (TPSA) is 30.7 Å². The summed E-state index contributed by atoms with van der Waals surface area (Å²) in [5.41, 5.74) is 1.11. The van der Waals surface area contributed by atoms with Crippen LogP contribution in [0.15, 0.2) is 17.8 Å². The van der Waals surface area contributed by atoms with Gasteiger partial charge < -0.3 is 4.57 Å². The number of rotatable bonds is 2. The van der Waals surface area contributed by atoms with E-state index < -0.39 is 0 Å². The highest BCUT2D eigenvalue weighted by Gasteiger charge is 2.02. The van der Waals surface area contributed by atoms with Crippen LogP contribution in [0.1, 0.15) is 10.7 Å². The van der Waals surface area contributed by atoms with Crippen LogP contribution in [-0.4, -0.2) is 14.5 Å². The molecule has 2 aromatic rings. The first-order valence-corrected chi connectivity index (χ1v) is 5.79. The molecule has 0 N–H and O–H groups in total. The van der Waals surface area contributed by atoms with Crippen LogP contribution in [0.5, 0.6) is 0 Å². The van der Waals surface area contributed by atoms with Gasteiger partial charge in [0.1, 0.15) is 0 Å². The minimum atomic E-state index is 0.822. The molecule has 0 amide bonds. The molecule has 13 heavy (non-hydrogen) atoms. The zero-order chi connectivity index (χ0) is 9.26. The number of hydrogen-bond donors (Lipinski definition) is 0. The minimum Gasteiger partial charge on any atom is -0.320 e. The van der Waals surface area contributed by atoms with Crippen LogP contribution in [0.3, 0.4) is 0 Å². The Hall–Kier alpha value is -0.430. The Labute approximate surface area is 94.0 Å². The first-order chi connectivity index (χ1) is 6.25. The molecule has 2 rings (SSSR count). The second-order valence-electron chi connectivity index (χ2n) is 2.68. The zero-order valence-electron chi connectivity index (χ0n) is 7.07. The molecule has 0 saturated carbocycles. The van der Waals surface area contributed by atoms with Gasteiger partial charge in [0.05, 0.1) is 17.2 Å². The van der Waals surface area contributed by atoms with Gasteiger partial charge in [-0.05, 0) is 29.5 Å². The maximum atomic E-state index is 4.39. The molecule has 3 nitrogen and oxygen atoms in total. The molecule has 0 spiro atoms. The van der Waals surface area contributed by atoms with Gasteiger partial charge in [0, 0.05) is 17.8 Å². The smallest absolute Gasteiger partial charge is 0.171 e. The van der Waals surface area contributed by atoms with Gasteiger partial charge in [-0.3, -0.25) is 0 Å². The van der Waals surface area contributed by atoms with Crippen LogP contribution in [-0.2, 0) is 6.54 Å². The first kappa shape index (κ1) is 9.14. The molecule has 68 valence electrons. The second kappa shape index (κ2) is 3.75. The highest BCUT2D eigenvalue weighted by Crippen LogP contribution is 2.11. The van der Waals surface area contributed by atoms with Crippen molar-refractivity contribution in [3.05, 3.63) is 32.3 Å². The summed E-state index contributed by atoms with van der Waals surface area (Å²) in [5, 5.41) is 3.20. The number of hydrogen-bond acceptors (Lipinski definition) is 3. The molecule has 0 aliphatic carbocycles. The molecule has 0 bridgehead atoms. The van der Waals surface area contributed by atoms with E-state index in [1.807, 2.05) is 13.1 Å². The summed E-state index contributed by atoms with van der Waals surface area (Å²) < 4.78 is 3.08. The van der Waals surface area contributed by atoms with Crippen LogP contribution >= 0.6 is 33.9 Å². The Morgan fingerprint density at radius 3 is 3.00 bits per heavy atom. The number of aromatic nitrogens is 3. The van der Waals surface area contributed by atoms with E-state index in [1.165, 1.54) is 0 Å². The van der Waals surface area contributed by atoms with E-state index in [-0.39, 0.29) is 0 Å². The van der Waals surface area contributed by atoms with Gasteiger partial charge in [0.2, 0.25) is 0 Å². The van der Waals surface area contributed by atoms with Gasteiger partial charge in [-0.25, -0.2) is 9.97 Å².